The molecule has 11 heteroatoms. The van der Waals surface area contributed by atoms with E-state index in [-0.39, 0.29) is 17.5 Å². The van der Waals surface area contributed by atoms with Crippen molar-refractivity contribution in [3.8, 4) is 0 Å². The minimum absolute atomic E-state index is 0.121. The monoisotopic (exact) mass is 592 g/mol. The zero-order chi connectivity index (χ0) is 24.2. The number of fused-ring (bicyclic) bond motifs is 2. The highest BCUT2D eigenvalue weighted by molar-refractivity contribution is 14.1. The van der Waals surface area contributed by atoms with Gasteiger partial charge in [0.1, 0.15) is 17.2 Å². The molecule has 0 bridgehead atoms. The molecule has 2 aromatic heterocycles. The third kappa shape index (κ3) is 4.02. The van der Waals surface area contributed by atoms with Gasteiger partial charge < -0.3 is 20.1 Å². The second kappa shape index (κ2) is 8.84. The highest BCUT2D eigenvalue weighted by Crippen LogP contribution is 2.52. The Hall–Kier alpha value is -2.54. The SMILES string of the molecule is O=C(O)N[C@@H]1c2cc(F)ccc2CC12CCN(c1cnc3c(I)nn(C4CCCCO4)c3n1)CC2. The maximum atomic E-state index is 14.0. The zero-order valence-corrected chi connectivity index (χ0v) is 21.2. The fourth-order valence-corrected chi connectivity index (χ4v) is 6.56. The molecule has 1 spiro atoms. The average Bonchev–Trinajstić information content (AvgIpc) is 3.34. The molecule has 1 aromatic carbocycles. The van der Waals surface area contributed by atoms with Crippen LogP contribution in [-0.4, -0.2) is 50.6 Å². The van der Waals surface area contributed by atoms with E-state index in [0.29, 0.717) is 13.1 Å². The molecule has 0 radical (unpaired) electrons. The van der Waals surface area contributed by atoms with Crippen LogP contribution in [0, 0.1) is 14.9 Å². The number of hydrogen-bond donors (Lipinski definition) is 2. The standard InChI is InChI=1S/C24H26FIN6O3/c25-15-5-4-14-12-24(20(16(14)11-15)29-23(33)34)6-8-31(9-7-24)17-13-27-19-21(26)30-32(22(19)28-17)18-3-1-2-10-35-18/h4-5,11,13,18,20,29H,1-3,6-10,12H2,(H,33,34)/t18?,20-/m1/s1. The van der Waals surface area contributed by atoms with Crippen LogP contribution in [0.2, 0.25) is 0 Å². The number of nitrogens with zero attached hydrogens (tertiary/aromatic N) is 5. The third-order valence-corrected chi connectivity index (χ3v) is 8.43. The lowest BCUT2D eigenvalue weighted by Crippen LogP contribution is -2.47. The predicted molar refractivity (Wildman–Crippen MR) is 135 cm³/mol. The molecule has 4 heterocycles. The summed E-state index contributed by atoms with van der Waals surface area (Å²) in [5, 5.41) is 16.8. The van der Waals surface area contributed by atoms with E-state index in [1.54, 1.807) is 12.3 Å². The number of piperidine rings is 1. The summed E-state index contributed by atoms with van der Waals surface area (Å²) in [5.41, 5.74) is 3.00. The second-order valence-electron chi connectivity index (χ2n) is 9.71. The van der Waals surface area contributed by atoms with Gasteiger partial charge in [0.15, 0.2) is 15.6 Å². The fourth-order valence-electron chi connectivity index (χ4n) is 5.94. The van der Waals surface area contributed by atoms with Gasteiger partial charge in [0, 0.05) is 25.1 Å². The van der Waals surface area contributed by atoms with Crippen LogP contribution in [0.3, 0.4) is 0 Å². The molecule has 2 N–H and O–H groups in total. The van der Waals surface area contributed by atoms with E-state index < -0.39 is 12.1 Å². The summed E-state index contributed by atoms with van der Waals surface area (Å²) in [6.45, 7) is 2.14. The number of ether oxygens (including phenoxy) is 1. The van der Waals surface area contributed by atoms with E-state index in [9.17, 15) is 14.3 Å². The number of carbonyl (C=O) groups is 1. The predicted octanol–water partition coefficient (Wildman–Crippen LogP) is 4.42. The number of benzene rings is 1. The van der Waals surface area contributed by atoms with Crippen LogP contribution in [-0.2, 0) is 11.2 Å². The average molecular weight is 592 g/mol. The number of anilines is 1. The van der Waals surface area contributed by atoms with Crippen molar-refractivity contribution in [2.75, 3.05) is 24.6 Å². The minimum atomic E-state index is -1.09. The highest BCUT2D eigenvalue weighted by atomic mass is 127. The number of rotatable bonds is 3. The minimum Gasteiger partial charge on any atom is -0.465 e. The number of carboxylic acid groups (broad SMARTS) is 1. The van der Waals surface area contributed by atoms with E-state index in [4.69, 9.17) is 9.72 Å². The first-order chi connectivity index (χ1) is 16.9. The van der Waals surface area contributed by atoms with Gasteiger partial charge in [0.05, 0.1) is 12.2 Å². The maximum absolute atomic E-state index is 14.0. The van der Waals surface area contributed by atoms with E-state index in [1.807, 2.05) is 4.68 Å². The number of nitrogens with one attached hydrogen (secondary N) is 1. The number of hydrogen-bond acceptors (Lipinski definition) is 6. The Labute approximate surface area is 215 Å². The lowest BCUT2D eigenvalue weighted by molar-refractivity contribution is -0.0372. The first-order valence-electron chi connectivity index (χ1n) is 12.0. The van der Waals surface area contributed by atoms with Crippen LogP contribution in [0.1, 0.15) is 55.5 Å². The van der Waals surface area contributed by atoms with E-state index >= 15 is 0 Å². The van der Waals surface area contributed by atoms with Crippen LogP contribution in [0.25, 0.3) is 11.2 Å². The molecule has 6 rings (SSSR count). The zero-order valence-electron chi connectivity index (χ0n) is 19.1. The van der Waals surface area contributed by atoms with E-state index in [0.717, 1.165) is 76.9 Å². The summed E-state index contributed by atoms with van der Waals surface area (Å²) in [4.78, 5) is 23.4. The van der Waals surface area contributed by atoms with Gasteiger partial charge in [-0.1, -0.05) is 6.07 Å². The smallest absolute Gasteiger partial charge is 0.405 e. The normalized spacial score (nSPS) is 23.5. The Morgan fingerprint density at radius 3 is 2.86 bits per heavy atom. The molecule has 1 amide bonds. The van der Waals surface area contributed by atoms with Crippen molar-refractivity contribution in [3.05, 3.63) is 45.0 Å². The van der Waals surface area contributed by atoms with Gasteiger partial charge in [-0.25, -0.2) is 23.8 Å². The van der Waals surface area contributed by atoms with Crippen molar-refractivity contribution in [2.45, 2.75) is 50.8 Å². The van der Waals surface area contributed by atoms with Crippen LogP contribution >= 0.6 is 22.6 Å². The summed E-state index contributed by atoms with van der Waals surface area (Å²) in [6, 6.07) is 4.30. The lowest BCUT2D eigenvalue weighted by atomic mass is 9.72. The Balaban J connectivity index is 1.26. The maximum Gasteiger partial charge on any atom is 0.405 e. The van der Waals surface area contributed by atoms with Crippen molar-refractivity contribution in [1.82, 2.24) is 25.1 Å². The number of halogens is 2. The van der Waals surface area contributed by atoms with Crippen molar-refractivity contribution in [2.24, 2.45) is 5.41 Å². The summed E-state index contributed by atoms with van der Waals surface area (Å²) in [7, 11) is 0. The quantitative estimate of drug-likeness (QED) is 0.434. The Morgan fingerprint density at radius 1 is 1.29 bits per heavy atom. The highest BCUT2D eigenvalue weighted by Gasteiger charge is 2.48. The molecule has 3 aliphatic rings. The molecule has 1 aliphatic carbocycles. The van der Waals surface area contributed by atoms with Crippen LogP contribution in [0.4, 0.5) is 15.0 Å². The fraction of sp³-hybridized carbons (Fsp3) is 0.500. The van der Waals surface area contributed by atoms with Crippen LogP contribution in [0.15, 0.2) is 24.4 Å². The molecule has 2 saturated heterocycles. The molecule has 1 unspecified atom stereocenters. The van der Waals surface area contributed by atoms with E-state index in [1.165, 1.54) is 12.1 Å². The molecule has 0 saturated carbocycles. The lowest BCUT2D eigenvalue weighted by Gasteiger charge is -2.43. The van der Waals surface area contributed by atoms with Gasteiger partial charge in [-0.2, -0.15) is 5.10 Å². The molecule has 2 fully saturated rings. The number of amides is 1. The summed E-state index contributed by atoms with van der Waals surface area (Å²) in [5.74, 6) is 0.442. The van der Waals surface area contributed by atoms with E-state index in [2.05, 4.69) is 42.9 Å². The van der Waals surface area contributed by atoms with Gasteiger partial charge in [0.25, 0.3) is 0 Å². The first kappa shape index (κ1) is 22.9. The molecule has 2 aliphatic heterocycles. The Bertz CT molecular complexity index is 1290. The van der Waals surface area contributed by atoms with Crippen LogP contribution in [0.5, 0.6) is 0 Å². The first-order valence-corrected chi connectivity index (χ1v) is 13.1. The van der Waals surface area contributed by atoms with Crippen LogP contribution < -0.4 is 10.2 Å². The molecule has 3 aromatic rings. The third-order valence-electron chi connectivity index (χ3n) is 7.70. The number of aromatic nitrogens is 4. The molecular weight excluding hydrogens is 566 g/mol. The molecule has 184 valence electrons. The van der Waals surface area contributed by atoms with Crippen molar-refractivity contribution in [1.29, 1.82) is 0 Å². The van der Waals surface area contributed by atoms with Gasteiger partial charge in [-0.15, -0.1) is 0 Å². The molecule has 35 heavy (non-hydrogen) atoms. The molecular formula is C24H26FIN6O3. The summed E-state index contributed by atoms with van der Waals surface area (Å²) in [6.07, 6.45) is 5.91. The Kier molecular flexibility index (Phi) is 5.78. The molecule has 9 nitrogen and oxygen atoms in total. The topological polar surface area (TPSA) is 105 Å². The second-order valence-corrected chi connectivity index (χ2v) is 10.7. The van der Waals surface area contributed by atoms with Gasteiger partial charge in [0.2, 0.25) is 0 Å². The van der Waals surface area contributed by atoms with Crippen molar-refractivity contribution < 1.29 is 19.0 Å². The largest absolute Gasteiger partial charge is 0.465 e. The molecule has 2 atom stereocenters. The van der Waals surface area contributed by atoms with Gasteiger partial charge in [-0.3, -0.25) is 0 Å². The van der Waals surface area contributed by atoms with Crippen molar-refractivity contribution >= 4 is 45.7 Å². The Morgan fingerprint density at radius 2 is 2.11 bits per heavy atom. The van der Waals surface area contributed by atoms with Gasteiger partial charge >= 0.3 is 6.09 Å². The summed E-state index contributed by atoms with van der Waals surface area (Å²) >= 11 is 2.19. The van der Waals surface area contributed by atoms with Gasteiger partial charge in [-0.05, 0) is 84.4 Å². The van der Waals surface area contributed by atoms with Crippen molar-refractivity contribution in [3.63, 3.8) is 0 Å². The summed E-state index contributed by atoms with van der Waals surface area (Å²) < 4.78 is 22.6.